The third-order valence-electron chi connectivity index (χ3n) is 1.11. The monoisotopic (exact) mass is 192 g/mol. The minimum absolute atomic E-state index is 0.0606. The van der Waals surface area contributed by atoms with E-state index in [1.807, 2.05) is 6.07 Å². The van der Waals surface area contributed by atoms with Crippen molar-refractivity contribution >= 4 is 10.0 Å². The lowest BCUT2D eigenvalue weighted by atomic mass is 10.5. The summed E-state index contributed by atoms with van der Waals surface area (Å²) in [5.41, 5.74) is 0. The highest BCUT2D eigenvalue weighted by atomic mass is 32.2. The summed E-state index contributed by atoms with van der Waals surface area (Å²) in [6.45, 7) is 0.338. The van der Waals surface area contributed by atoms with Crippen LogP contribution < -0.4 is 4.72 Å². The van der Waals surface area contributed by atoms with E-state index in [1.165, 1.54) is 7.11 Å². The Labute approximate surface area is 72.4 Å². The maximum atomic E-state index is 11.0. The second-order valence-corrected chi connectivity index (χ2v) is 4.04. The van der Waals surface area contributed by atoms with Gasteiger partial charge in [0.25, 0.3) is 0 Å². The summed E-state index contributed by atoms with van der Waals surface area (Å²) in [4.78, 5) is 0. The van der Waals surface area contributed by atoms with Crippen molar-refractivity contribution < 1.29 is 13.2 Å². The van der Waals surface area contributed by atoms with Crippen molar-refractivity contribution in [2.24, 2.45) is 0 Å². The quantitative estimate of drug-likeness (QED) is 0.573. The van der Waals surface area contributed by atoms with E-state index in [9.17, 15) is 8.42 Å². The average molecular weight is 192 g/mol. The molecule has 0 fully saturated rings. The van der Waals surface area contributed by atoms with E-state index in [1.54, 1.807) is 0 Å². The normalized spacial score (nSPS) is 11.0. The van der Waals surface area contributed by atoms with Gasteiger partial charge in [0.1, 0.15) is 0 Å². The zero-order chi connectivity index (χ0) is 9.45. The predicted molar refractivity (Wildman–Crippen MR) is 43.9 cm³/mol. The molecule has 0 spiro atoms. The Bertz CT molecular complexity index is 242. The summed E-state index contributed by atoms with van der Waals surface area (Å²) in [6.07, 6.45) is 0.187. The molecule has 0 aromatic heterocycles. The Balaban J connectivity index is 3.67. The van der Waals surface area contributed by atoms with Gasteiger partial charge in [-0.05, 0) is 0 Å². The molecule has 6 heteroatoms. The minimum Gasteiger partial charge on any atom is -0.384 e. The molecule has 0 saturated heterocycles. The molecule has 0 aromatic carbocycles. The first-order chi connectivity index (χ1) is 5.62. The van der Waals surface area contributed by atoms with Crippen molar-refractivity contribution in [3.63, 3.8) is 0 Å². The highest BCUT2D eigenvalue weighted by molar-refractivity contribution is 7.89. The van der Waals surface area contributed by atoms with E-state index in [2.05, 4.69) is 9.46 Å². The van der Waals surface area contributed by atoms with Gasteiger partial charge in [0.05, 0.1) is 18.4 Å². The fraction of sp³-hybridized carbons (Fsp3) is 0.833. The van der Waals surface area contributed by atoms with Crippen LogP contribution in [0.15, 0.2) is 0 Å². The second kappa shape index (κ2) is 5.94. The number of rotatable bonds is 6. The summed E-state index contributed by atoms with van der Waals surface area (Å²) in [6, 6.07) is 1.84. The SMILES string of the molecule is COCCS(=O)(=O)NCCC#N. The summed E-state index contributed by atoms with van der Waals surface area (Å²) < 4.78 is 28.8. The largest absolute Gasteiger partial charge is 0.384 e. The van der Waals surface area contributed by atoms with E-state index in [4.69, 9.17) is 5.26 Å². The first kappa shape index (κ1) is 11.4. The van der Waals surface area contributed by atoms with Crippen molar-refractivity contribution in [3.8, 4) is 6.07 Å². The van der Waals surface area contributed by atoms with E-state index in [0.717, 1.165) is 0 Å². The van der Waals surface area contributed by atoms with Gasteiger partial charge in [0.2, 0.25) is 10.0 Å². The van der Waals surface area contributed by atoms with Gasteiger partial charge >= 0.3 is 0 Å². The van der Waals surface area contributed by atoms with Crippen LogP contribution in [0, 0.1) is 11.3 Å². The maximum absolute atomic E-state index is 11.0. The molecule has 0 bridgehead atoms. The number of ether oxygens (including phenoxy) is 1. The summed E-state index contributed by atoms with van der Waals surface area (Å²) >= 11 is 0. The molecule has 0 unspecified atom stereocenters. The zero-order valence-corrected chi connectivity index (χ0v) is 7.73. The van der Waals surface area contributed by atoms with E-state index >= 15 is 0 Å². The van der Waals surface area contributed by atoms with Crippen LogP contribution in [0.5, 0.6) is 0 Å². The maximum Gasteiger partial charge on any atom is 0.213 e. The molecule has 0 saturated carbocycles. The van der Waals surface area contributed by atoms with Gasteiger partial charge in [-0.2, -0.15) is 5.26 Å². The summed E-state index contributed by atoms with van der Waals surface area (Å²) in [5, 5.41) is 8.13. The fourth-order valence-corrected chi connectivity index (χ4v) is 1.47. The van der Waals surface area contributed by atoms with Gasteiger partial charge in [0, 0.05) is 20.1 Å². The number of hydrogen-bond donors (Lipinski definition) is 1. The molecule has 0 radical (unpaired) electrons. The number of nitrogens with zero attached hydrogens (tertiary/aromatic N) is 1. The van der Waals surface area contributed by atoms with Gasteiger partial charge in [-0.15, -0.1) is 0 Å². The summed E-state index contributed by atoms with van der Waals surface area (Å²) in [7, 11) is -1.81. The highest BCUT2D eigenvalue weighted by Gasteiger charge is 2.07. The molecule has 1 N–H and O–H groups in total. The minimum atomic E-state index is -3.24. The Kier molecular flexibility index (Phi) is 5.62. The third-order valence-corrected chi connectivity index (χ3v) is 2.46. The second-order valence-electron chi connectivity index (χ2n) is 2.11. The average Bonchev–Trinajstić information content (AvgIpc) is 2.01. The number of nitrogens with one attached hydrogen (secondary N) is 1. The molecule has 5 nitrogen and oxygen atoms in total. The van der Waals surface area contributed by atoms with E-state index in [-0.39, 0.29) is 25.3 Å². The van der Waals surface area contributed by atoms with Crippen molar-refractivity contribution in [3.05, 3.63) is 0 Å². The van der Waals surface area contributed by atoms with Crippen LogP contribution in [-0.2, 0) is 14.8 Å². The smallest absolute Gasteiger partial charge is 0.213 e. The molecule has 0 aliphatic rings. The van der Waals surface area contributed by atoms with Crippen molar-refractivity contribution in [2.75, 3.05) is 26.0 Å². The lowest BCUT2D eigenvalue weighted by Crippen LogP contribution is -2.28. The van der Waals surface area contributed by atoms with Gasteiger partial charge in [-0.3, -0.25) is 0 Å². The lowest BCUT2D eigenvalue weighted by Gasteiger charge is -2.02. The Morgan fingerprint density at radius 3 is 2.75 bits per heavy atom. The zero-order valence-electron chi connectivity index (χ0n) is 6.91. The molecule has 0 aliphatic carbocycles. The van der Waals surface area contributed by atoms with Crippen LogP contribution in [0.4, 0.5) is 0 Å². The lowest BCUT2D eigenvalue weighted by molar-refractivity contribution is 0.217. The standard InChI is InChI=1S/C6H12N2O3S/c1-11-5-6-12(9,10)8-4-2-3-7/h8H,2,4-6H2,1H3. The number of sulfonamides is 1. The topological polar surface area (TPSA) is 79.2 Å². The molecule has 70 valence electrons. The van der Waals surface area contributed by atoms with Crippen LogP contribution in [0.25, 0.3) is 0 Å². The highest BCUT2D eigenvalue weighted by Crippen LogP contribution is 1.84. The van der Waals surface area contributed by atoms with Gasteiger partial charge in [0.15, 0.2) is 0 Å². The molecule has 0 atom stereocenters. The predicted octanol–water partition coefficient (Wildman–Crippen LogP) is -0.534. The fourth-order valence-electron chi connectivity index (χ4n) is 0.528. The summed E-state index contributed by atoms with van der Waals surface area (Å²) in [5.74, 6) is -0.0606. The molecule has 0 rings (SSSR count). The molecular formula is C6H12N2O3S. The van der Waals surface area contributed by atoms with Crippen LogP contribution in [0.3, 0.4) is 0 Å². The third kappa shape index (κ3) is 6.09. The van der Waals surface area contributed by atoms with Crippen molar-refractivity contribution in [2.45, 2.75) is 6.42 Å². The Hall–Kier alpha value is -0.640. The van der Waals surface area contributed by atoms with Crippen LogP contribution in [0.1, 0.15) is 6.42 Å². The Morgan fingerprint density at radius 2 is 2.25 bits per heavy atom. The molecular weight excluding hydrogens is 180 g/mol. The van der Waals surface area contributed by atoms with Crippen molar-refractivity contribution in [1.29, 1.82) is 5.26 Å². The molecule has 0 aromatic rings. The van der Waals surface area contributed by atoms with Crippen LogP contribution >= 0.6 is 0 Å². The van der Waals surface area contributed by atoms with Gasteiger partial charge in [-0.1, -0.05) is 0 Å². The molecule has 0 aliphatic heterocycles. The Morgan fingerprint density at radius 1 is 1.58 bits per heavy atom. The van der Waals surface area contributed by atoms with Crippen molar-refractivity contribution in [1.82, 2.24) is 4.72 Å². The van der Waals surface area contributed by atoms with Crippen LogP contribution in [-0.4, -0.2) is 34.4 Å². The molecule has 0 amide bonds. The first-order valence-corrected chi connectivity index (χ1v) is 5.11. The van der Waals surface area contributed by atoms with Crippen LogP contribution in [0.2, 0.25) is 0 Å². The van der Waals surface area contributed by atoms with Gasteiger partial charge in [-0.25, -0.2) is 13.1 Å². The molecule has 0 heterocycles. The molecule has 12 heavy (non-hydrogen) atoms. The van der Waals surface area contributed by atoms with E-state index < -0.39 is 10.0 Å². The number of nitriles is 1. The van der Waals surface area contributed by atoms with Gasteiger partial charge < -0.3 is 4.74 Å². The number of methoxy groups -OCH3 is 1. The number of hydrogen-bond acceptors (Lipinski definition) is 4. The van der Waals surface area contributed by atoms with E-state index in [0.29, 0.717) is 0 Å². The first-order valence-electron chi connectivity index (χ1n) is 3.45.